The summed E-state index contributed by atoms with van der Waals surface area (Å²) < 4.78 is 5.13. The number of likely N-dealkylation sites (N-methyl/N-ethyl adjacent to an activating group) is 1. The number of benzene rings is 1. The zero-order valence-corrected chi connectivity index (χ0v) is 12.7. The molecule has 0 radical (unpaired) electrons. The van der Waals surface area contributed by atoms with E-state index in [9.17, 15) is 0 Å². The molecule has 0 fully saturated rings. The second-order valence-electron chi connectivity index (χ2n) is 5.12. The van der Waals surface area contributed by atoms with E-state index in [1.54, 1.807) is 12.5 Å². The van der Waals surface area contributed by atoms with Crippen LogP contribution in [0.4, 0.5) is 0 Å². The van der Waals surface area contributed by atoms with Crippen molar-refractivity contribution in [3.05, 3.63) is 59.0 Å². The third-order valence-corrected chi connectivity index (χ3v) is 3.79. The molecule has 0 amide bonds. The monoisotopic (exact) mass is 292 g/mol. The SMILES string of the molecule is CCC(N)C(c1cccc(Cl)c1)N(C)Cc1ccoc1. The van der Waals surface area contributed by atoms with Crippen LogP contribution in [0.2, 0.25) is 5.02 Å². The number of hydrogen-bond donors (Lipinski definition) is 1. The molecular formula is C16H21ClN2O. The smallest absolute Gasteiger partial charge is 0.0947 e. The number of nitrogens with two attached hydrogens (primary N) is 1. The summed E-state index contributed by atoms with van der Waals surface area (Å²) in [6.07, 6.45) is 4.37. The summed E-state index contributed by atoms with van der Waals surface area (Å²) in [4.78, 5) is 2.24. The average Bonchev–Trinajstić information content (AvgIpc) is 2.91. The van der Waals surface area contributed by atoms with Crippen LogP contribution in [0.5, 0.6) is 0 Å². The Hall–Kier alpha value is -1.29. The Morgan fingerprint density at radius 1 is 1.35 bits per heavy atom. The standard InChI is InChI=1S/C16H21ClN2O/c1-3-15(18)16(13-5-4-6-14(17)9-13)19(2)10-12-7-8-20-11-12/h4-9,11,15-16H,3,10,18H2,1-2H3. The minimum atomic E-state index is 0.0605. The van der Waals surface area contributed by atoms with Crippen molar-refractivity contribution in [1.29, 1.82) is 0 Å². The molecule has 0 aliphatic heterocycles. The quantitative estimate of drug-likeness (QED) is 0.879. The molecule has 0 saturated carbocycles. The number of hydrogen-bond acceptors (Lipinski definition) is 3. The molecule has 1 heterocycles. The van der Waals surface area contributed by atoms with Crippen LogP contribution in [0.25, 0.3) is 0 Å². The number of halogens is 1. The van der Waals surface area contributed by atoms with Crippen LogP contribution >= 0.6 is 11.6 Å². The predicted octanol–water partition coefficient (Wildman–Crippen LogP) is 3.84. The Morgan fingerprint density at radius 3 is 2.75 bits per heavy atom. The maximum absolute atomic E-state index is 6.32. The third kappa shape index (κ3) is 3.63. The highest BCUT2D eigenvalue weighted by atomic mass is 35.5. The van der Waals surface area contributed by atoms with Crippen molar-refractivity contribution in [2.45, 2.75) is 32.0 Å². The fraction of sp³-hybridized carbons (Fsp3) is 0.375. The van der Waals surface area contributed by atoms with Crippen LogP contribution in [-0.4, -0.2) is 18.0 Å². The van der Waals surface area contributed by atoms with Gasteiger partial charge in [-0.3, -0.25) is 4.90 Å². The first-order valence-electron chi connectivity index (χ1n) is 6.84. The molecule has 2 rings (SSSR count). The molecular weight excluding hydrogens is 272 g/mol. The average molecular weight is 293 g/mol. The lowest BCUT2D eigenvalue weighted by molar-refractivity contribution is 0.201. The molecule has 4 heteroatoms. The molecule has 2 aromatic rings. The van der Waals surface area contributed by atoms with E-state index >= 15 is 0 Å². The second-order valence-corrected chi connectivity index (χ2v) is 5.56. The summed E-state index contributed by atoms with van der Waals surface area (Å²) in [7, 11) is 2.08. The zero-order valence-electron chi connectivity index (χ0n) is 11.9. The topological polar surface area (TPSA) is 42.4 Å². The summed E-state index contributed by atoms with van der Waals surface area (Å²) >= 11 is 6.11. The van der Waals surface area contributed by atoms with Crippen LogP contribution in [0.15, 0.2) is 47.3 Å². The van der Waals surface area contributed by atoms with Crippen molar-refractivity contribution in [2.24, 2.45) is 5.73 Å². The molecule has 0 aliphatic carbocycles. The normalized spacial score (nSPS) is 14.4. The van der Waals surface area contributed by atoms with Gasteiger partial charge in [-0.1, -0.05) is 30.7 Å². The van der Waals surface area contributed by atoms with Crippen molar-refractivity contribution in [1.82, 2.24) is 4.90 Å². The van der Waals surface area contributed by atoms with E-state index in [1.165, 1.54) is 0 Å². The van der Waals surface area contributed by atoms with E-state index in [0.29, 0.717) is 0 Å². The Kier molecular flexibility index (Phi) is 5.24. The van der Waals surface area contributed by atoms with Crippen LogP contribution < -0.4 is 5.73 Å². The highest BCUT2D eigenvalue weighted by Gasteiger charge is 2.23. The summed E-state index contributed by atoms with van der Waals surface area (Å²) in [5.41, 5.74) is 8.61. The summed E-state index contributed by atoms with van der Waals surface area (Å²) in [5, 5.41) is 0.743. The fourth-order valence-corrected chi connectivity index (χ4v) is 2.71. The molecule has 1 aromatic carbocycles. The van der Waals surface area contributed by atoms with Gasteiger partial charge in [0.25, 0.3) is 0 Å². The zero-order chi connectivity index (χ0) is 14.5. The van der Waals surface area contributed by atoms with Gasteiger partial charge in [0.15, 0.2) is 0 Å². The highest BCUT2D eigenvalue weighted by molar-refractivity contribution is 6.30. The van der Waals surface area contributed by atoms with Gasteiger partial charge in [-0.15, -0.1) is 0 Å². The second kappa shape index (κ2) is 6.93. The van der Waals surface area contributed by atoms with Crippen molar-refractivity contribution >= 4 is 11.6 Å². The molecule has 1 aromatic heterocycles. The van der Waals surface area contributed by atoms with Gasteiger partial charge in [0.1, 0.15) is 0 Å². The summed E-state index contributed by atoms with van der Waals surface area (Å²) in [6, 6.07) is 10.1. The van der Waals surface area contributed by atoms with Crippen LogP contribution in [0, 0.1) is 0 Å². The van der Waals surface area contributed by atoms with Crippen molar-refractivity contribution in [2.75, 3.05) is 7.05 Å². The van der Waals surface area contributed by atoms with E-state index in [2.05, 4.69) is 24.9 Å². The molecule has 0 saturated heterocycles. The van der Waals surface area contributed by atoms with Crippen molar-refractivity contribution < 1.29 is 4.42 Å². The molecule has 108 valence electrons. The molecule has 2 N–H and O–H groups in total. The Balaban J connectivity index is 2.23. The van der Waals surface area contributed by atoms with Crippen LogP contribution in [0.3, 0.4) is 0 Å². The summed E-state index contributed by atoms with van der Waals surface area (Å²) in [5.74, 6) is 0. The van der Waals surface area contributed by atoms with Gasteiger partial charge in [0.05, 0.1) is 12.5 Å². The van der Waals surface area contributed by atoms with E-state index in [1.807, 2.05) is 24.3 Å². The number of nitrogens with zero attached hydrogens (tertiary/aromatic N) is 1. The lowest BCUT2D eigenvalue weighted by atomic mass is 9.96. The minimum absolute atomic E-state index is 0.0605. The van der Waals surface area contributed by atoms with Crippen molar-refractivity contribution in [3.8, 4) is 0 Å². The summed E-state index contributed by atoms with van der Waals surface area (Å²) in [6.45, 7) is 2.90. The largest absolute Gasteiger partial charge is 0.472 e. The Morgan fingerprint density at radius 2 is 2.15 bits per heavy atom. The van der Waals surface area contributed by atoms with Crippen molar-refractivity contribution in [3.63, 3.8) is 0 Å². The van der Waals surface area contributed by atoms with Gasteiger partial charge < -0.3 is 10.2 Å². The van der Waals surface area contributed by atoms with Gasteiger partial charge in [-0.25, -0.2) is 0 Å². The first-order valence-corrected chi connectivity index (χ1v) is 7.22. The van der Waals surface area contributed by atoms with Gasteiger partial charge in [0.2, 0.25) is 0 Å². The molecule has 20 heavy (non-hydrogen) atoms. The van der Waals surface area contributed by atoms with Crippen LogP contribution in [0.1, 0.15) is 30.5 Å². The molecule has 2 unspecified atom stereocenters. The fourth-order valence-electron chi connectivity index (χ4n) is 2.51. The Labute approximate surface area is 125 Å². The van der Waals surface area contributed by atoms with Gasteiger partial charge >= 0.3 is 0 Å². The minimum Gasteiger partial charge on any atom is -0.472 e. The molecule has 0 aliphatic rings. The lowest BCUT2D eigenvalue weighted by Gasteiger charge is -2.32. The molecule has 3 nitrogen and oxygen atoms in total. The van der Waals surface area contributed by atoms with E-state index < -0.39 is 0 Å². The molecule has 0 bridgehead atoms. The molecule has 2 atom stereocenters. The lowest BCUT2D eigenvalue weighted by Crippen LogP contribution is -2.38. The molecule has 0 spiro atoms. The maximum Gasteiger partial charge on any atom is 0.0947 e. The first kappa shape index (κ1) is 15.1. The Bertz CT molecular complexity index is 527. The van der Waals surface area contributed by atoms with Crippen LogP contribution in [-0.2, 0) is 6.54 Å². The van der Waals surface area contributed by atoms with Gasteiger partial charge in [-0.05, 0) is 37.2 Å². The first-order chi connectivity index (χ1) is 9.61. The van der Waals surface area contributed by atoms with Gasteiger partial charge in [-0.2, -0.15) is 0 Å². The highest BCUT2D eigenvalue weighted by Crippen LogP contribution is 2.27. The maximum atomic E-state index is 6.32. The van der Waals surface area contributed by atoms with Gasteiger partial charge in [0, 0.05) is 29.2 Å². The van der Waals surface area contributed by atoms with E-state index in [-0.39, 0.29) is 12.1 Å². The number of rotatable bonds is 6. The number of furan rings is 1. The van der Waals surface area contributed by atoms with E-state index in [4.69, 9.17) is 21.8 Å². The predicted molar refractivity (Wildman–Crippen MR) is 82.6 cm³/mol. The third-order valence-electron chi connectivity index (χ3n) is 3.55. The van der Waals surface area contributed by atoms with E-state index in [0.717, 1.165) is 29.1 Å².